The van der Waals surface area contributed by atoms with Crippen molar-refractivity contribution in [3.63, 3.8) is 0 Å². The summed E-state index contributed by atoms with van der Waals surface area (Å²) < 4.78 is 0. The Hall–Kier alpha value is -1.32. The molecule has 0 aromatic rings. The number of nitrogens with one attached hydrogen (secondary N) is 1. The lowest BCUT2D eigenvalue weighted by Gasteiger charge is -2.12. The fourth-order valence-corrected chi connectivity index (χ4v) is 0.528. The predicted molar refractivity (Wildman–Crippen MR) is 41.9 cm³/mol. The standard InChI is InChI=1S/C7H12N2O2/c1-4-7(11)9(3)5-6(10)8-2/h4H,1,5H2,2-3H3,(H,8,10). The van der Waals surface area contributed by atoms with E-state index in [2.05, 4.69) is 11.9 Å². The van der Waals surface area contributed by atoms with Crippen LogP contribution in [0.1, 0.15) is 0 Å². The third-order valence-electron chi connectivity index (χ3n) is 1.21. The molecule has 0 aromatic heterocycles. The van der Waals surface area contributed by atoms with Gasteiger partial charge in [0, 0.05) is 14.1 Å². The van der Waals surface area contributed by atoms with Crippen molar-refractivity contribution in [2.24, 2.45) is 0 Å². The van der Waals surface area contributed by atoms with Gasteiger partial charge in [0.15, 0.2) is 0 Å². The van der Waals surface area contributed by atoms with Crippen LogP contribution >= 0.6 is 0 Å². The van der Waals surface area contributed by atoms with Crippen molar-refractivity contribution in [2.45, 2.75) is 0 Å². The summed E-state index contributed by atoms with van der Waals surface area (Å²) in [6, 6.07) is 0. The van der Waals surface area contributed by atoms with Crippen molar-refractivity contribution in [1.29, 1.82) is 0 Å². The molecule has 0 atom stereocenters. The molecule has 0 heterocycles. The summed E-state index contributed by atoms with van der Waals surface area (Å²) in [5.41, 5.74) is 0. The quantitative estimate of drug-likeness (QED) is 0.553. The zero-order chi connectivity index (χ0) is 8.85. The number of hydrogen-bond acceptors (Lipinski definition) is 2. The van der Waals surface area contributed by atoms with E-state index >= 15 is 0 Å². The van der Waals surface area contributed by atoms with Crippen LogP contribution < -0.4 is 5.32 Å². The van der Waals surface area contributed by atoms with E-state index in [9.17, 15) is 9.59 Å². The van der Waals surface area contributed by atoms with Gasteiger partial charge in [-0.05, 0) is 6.08 Å². The largest absolute Gasteiger partial charge is 0.358 e. The van der Waals surface area contributed by atoms with Crippen LogP contribution in [-0.2, 0) is 9.59 Å². The van der Waals surface area contributed by atoms with Gasteiger partial charge in [-0.25, -0.2) is 0 Å². The Morgan fingerprint density at radius 2 is 2.18 bits per heavy atom. The first-order chi connectivity index (χ1) is 5.11. The van der Waals surface area contributed by atoms with E-state index in [0.29, 0.717) is 0 Å². The second kappa shape index (κ2) is 4.49. The molecule has 0 unspecified atom stereocenters. The Morgan fingerprint density at radius 1 is 1.64 bits per heavy atom. The number of likely N-dealkylation sites (N-methyl/N-ethyl adjacent to an activating group) is 2. The van der Waals surface area contributed by atoms with Crippen molar-refractivity contribution < 1.29 is 9.59 Å². The van der Waals surface area contributed by atoms with Crippen molar-refractivity contribution in [3.05, 3.63) is 12.7 Å². The van der Waals surface area contributed by atoms with Crippen molar-refractivity contribution in [2.75, 3.05) is 20.6 Å². The molecular weight excluding hydrogens is 144 g/mol. The van der Waals surface area contributed by atoms with Crippen LogP contribution in [0.25, 0.3) is 0 Å². The molecule has 11 heavy (non-hydrogen) atoms. The Kier molecular flexibility index (Phi) is 3.95. The zero-order valence-electron chi connectivity index (χ0n) is 6.76. The summed E-state index contributed by atoms with van der Waals surface area (Å²) >= 11 is 0. The highest BCUT2D eigenvalue weighted by Crippen LogP contribution is 1.83. The molecule has 1 N–H and O–H groups in total. The summed E-state index contributed by atoms with van der Waals surface area (Å²) in [7, 11) is 3.06. The van der Waals surface area contributed by atoms with Gasteiger partial charge >= 0.3 is 0 Å². The first-order valence-corrected chi connectivity index (χ1v) is 3.20. The van der Waals surface area contributed by atoms with Gasteiger partial charge in [-0.1, -0.05) is 6.58 Å². The molecule has 0 fully saturated rings. The number of amides is 2. The van der Waals surface area contributed by atoms with E-state index in [1.807, 2.05) is 0 Å². The molecule has 0 rings (SSSR count). The molecule has 0 aromatic carbocycles. The molecule has 0 radical (unpaired) electrons. The average Bonchev–Trinajstić information content (AvgIpc) is 2.02. The van der Waals surface area contributed by atoms with E-state index in [4.69, 9.17) is 0 Å². The number of hydrogen-bond donors (Lipinski definition) is 1. The summed E-state index contributed by atoms with van der Waals surface area (Å²) in [4.78, 5) is 22.8. The Balaban J connectivity index is 3.86. The van der Waals surface area contributed by atoms with Crippen molar-refractivity contribution in [3.8, 4) is 0 Å². The molecule has 0 saturated carbocycles. The number of carbonyl (C=O) groups excluding carboxylic acids is 2. The second-order valence-electron chi connectivity index (χ2n) is 2.07. The maximum absolute atomic E-state index is 10.8. The van der Waals surface area contributed by atoms with Crippen LogP contribution in [0.5, 0.6) is 0 Å². The van der Waals surface area contributed by atoms with Crippen molar-refractivity contribution in [1.82, 2.24) is 10.2 Å². The monoisotopic (exact) mass is 156 g/mol. The molecule has 0 spiro atoms. The normalized spacial score (nSPS) is 8.55. The van der Waals surface area contributed by atoms with Gasteiger partial charge in [-0.2, -0.15) is 0 Å². The Labute approximate surface area is 65.9 Å². The molecule has 0 aliphatic heterocycles. The van der Waals surface area contributed by atoms with Gasteiger partial charge in [-0.15, -0.1) is 0 Å². The Bertz CT molecular complexity index is 177. The molecular formula is C7H12N2O2. The molecule has 4 heteroatoms. The highest BCUT2D eigenvalue weighted by atomic mass is 16.2. The summed E-state index contributed by atoms with van der Waals surface area (Å²) in [5, 5.41) is 2.41. The first kappa shape index (κ1) is 9.68. The summed E-state index contributed by atoms with van der Waals surface area (Å²) in [5.74, 6) is -0.448. The van der Waals surface area contributed by atoms with Crippen LogP contribution in [0.2, 0.25) is 0 Å². The van der Waals surface area contributed by atoms with E-state index in [1.54, 1.807) is 7.05 Å². The Morgan fingerprint density at radius 3 is 2.55 bits per heavy atom. The van der Waals surface area contributed by atoms with Crippen LogP contribution in [0.3, 0.4) is 0 Å². The fraction of sp³-hybridized carbons (Fsp3) is 0.429. The van der Waals surface area contributed by atoms with Gasteiger partial charge in [0.05, 0.1) is 6.54 Å². The van der Waals surface area contributed by atoms with Crippen LogP contribution in [0.15, 0.2) is 12.7 Å². The lowest BCUT2D eigenvalue weighted by molar-refractivity contribution is -0.130. The lowest BCUT2D eigenvalue weighted by Crippen LogP contribution is -2.35. The number of nitrogens with zero attached hydrogens (tertiary/aromatic N) is 1. The molecule has 0 aliphatic carbocycles. The SMILES string of the molecule is C=CC(=O)N(C)CC(=O)NC. The molecule has 0 bridgehead atoms. The third-order valence-corrected chi connectivity index (χ3v) is 1.21. The summed E-state index contributed by atoms with van der Waals surface area (Å²) in [6.45, 7) is 3.36. The highest BCUT2D eigenvalue weighted by Gasteiger charge is 2.07. The topological polar surface area (TPSA) is 49.4 Å². The smallest absolute Gasteiger partial charge is 0.246 e. The minimum Gasteiger partial charge on any atom is -0.358 e. The van der Waals surface area contributed by atoms with Crippen LogP contribution in [0.4, 0.5) is 0 Å². The summed E-state index contributed by atoms with van der Waals surface area (Å²) in [6.07, 6.45) is 1.17. The van der Waals surface area contributed by atoms with Gasteiger partial charge < -0.3 is 10.2 Å². The minimum atomic E-state index is -0.256. The lowest BCUT2D eigenvalue weighted by atomic mass is 10.4. The van der Waals surface area contributed by atoms with Crippen molar-refractivity contribution >= 4 is 11.8 Å². The van der Waals surface area contributed by atoms with Gasteiger partial charge in [-0.3, -0.25) is 9.59 Å². The van der Waals surface area contributed by atoms with E-state index in [1.165, 1.54) is 18.0 Å². The van der Waals surface area contributed by atoms with Gasteiger partial charge in [0.1, 0.15) is 0 Å². The average molecular weight is 156 g/mol. The first-order valence-electron chi connectivity index (χ1n) is 3.20. The molecule has 4 nitrogen and oxygen atoms in total. The van der Waals surface area contributed by atoms with Crippen LogP contribution in [0, 0.1) is 0 Å². The molecule has 0 saturated heterocycles. The van der Waals surface area contributed by atoms with E-state index in [-0.39, 0.29) is 18.4 Å². The van der Waals surface area contributed by atoms with Gasteiger partial charge in [0.25, 0.3) is 0 Å². The fourth-order valence-electron chi connectivity index (χ4n) is 0.528. The molecule has 0 aliphatic rings. The maximum Gasteiger partial charge on any atom is 0.246 e. The zero-order valence-corrected chi connectivity index (χ0v) is 6.76. The third kappa shape index (κ3) is 3.40. The highest BCUT2D eigenvalue weighted by molar-refractivity contribution is 5.90. The second-order valence-corrected chi connectivity index (χ2v) is 2.07. The molecule has 62 valence electrons. The van der Waals surface area contributed by atoms with E-state index in [0.717, 1.165) is 0 Å². The number of rotatable bonds is 3. The number of carbonyl (C=O) groups is 2. The van der Waals surface area contributed by atoms with Crippen LogP contribution in [-0.4, -0.2) is 37.4 Å². The minimum absolute atomic E-state index is 0.0708. The maximum atomic E-state index is 10.8. The van der Waals surface area contributed by atoms with E-state index < -0.39 is 0 Å². The molecule has 2 amide bonds. The predicted octanol–water partition coefficient (Wildman–Crippen LogP) is -0.623. The van der Waals surface area contributed by atoms with Gasteiger partial charge in [0.2, 0.25) is 11.8 Å².